The summed E-state index contributed by atoms with van der Waals surface area (Å²) < 4.78 is 7.03. The minimum atomic E-state index is 0.452. The summed E-state index contributed by atoms with van der Waals surface area (Å²) in [5, 5.41) is 10.5. The summed E-state index contributed by atoms with van der Waals surface area (Å²) in [7, 11) is 0. The van der Waals surface area contributed by atoms with E-state index in [2.05, 4.69) is 10.2 Å². The number of thioether (sulfide) groups is 1. The van der Waals surface area contributed by atoms with E-state index in [1.165, 1.54) is 16.4 Å². The number of ether oxygens (including phenoxy) is 1. The molecule has 0 aliphatic rings. The molecule has 0 saturated heterocycles. The molecule has 5 nitrogen and oxygen atoms in total. The van der Waals surface area contributed by atoms with Crippen molar-refractivity contribution in [2.75, 3.05) is 18.2 Å². The Morgan fingerprint density at radius 1 is 1.00 bits per heavy atom. The molecular formula is C16H13Cl3N4OS. The quantitative estimate of drug-likeness (QED) is 0.356. The largest absolute Gasteiger partial charge is 0.493 e. The first-order valence-corrected chi connectivity index (χ1v) is 9.33. The van der Waals surface area contributed by atoms with E-state index in [9.17, 15) is 0 Å². The number of nitrogen functional groups attached to an aromatic ring is 1. The second-order valence-electron chi connectivity index (χ2n) is 4.95. The van der Waals surface area contributed by atoms with E-state index in [1.54, 1.807) is 30.3 Å². The number of nitrogens with zero attached hydrogens (tertiary/aromatic N) is 3. The zero-order chi connectivity index (χ0) is 17.8. The van der Waals surface area contributed by atoms with Crippen molar-refractivity contribution in [2.45, 2.75) is 5.16 Å². The molecule has 3 aromatic rings. The Bertz CT molecular complexity index is 870. The van der Waals surface area contributed by atoms with Crippen LogP contribution in [0.1, 0.15) is 0 Å². The van der Waals surface area contributed by atoms with Crippen LogP contribution in [0.3, 0.4) is 0 Å². The molecule has 0 amide bonds. The summed E-state index contributed by atoms with van der Waals surface area (Å²) in [5.41, 5.74) is 0.633. The Labute approximate surface area is 164 Å². The van der Waals surface area contributed by atoms with Gasteiger partial charge in [-0.15, -0.1) is 10.2 Å². The van der Waals surface area contributed by atoms with E-state index >= 15 is 0 Å². The molecule has 0 aliphatic carbocycles. The fourth-order valence-corrected chi connectivity index (χ4v) is 3.22. The third kappa shape index (κ3) is 4.52. The van der Waals surface area contributed by atoms with Crippen LogP contribution in [0.2, 0.25) is 15.1 Å². The number of nitrogens with two attached hydrogens (primary N) is 1. The van der Waals surface area contributed by atoms with Gasteiger partial charge >= 0.3 is 0 Å². The lowest BCUT2D eigenvalue weighted by atomic mass is 10.2. The zero-order valence-corrected chi connectivity index (χ0v) is 15.9. The third-order valence-corrected chi connectivity index (χ3v) is 4.95. The minimum absolute atomic E-state index is 0.452. The predicted octanol–water partition coefficient (Wildman–Crippen LogP) is 4.79. The van der Waals surface area contributed by atoms with Crippen molar-refractivity contribution in [1.29, 1.82) is 0 Å². The van der Waals surface area contributed by atoms with Gasteiger partial charge in [0.05, 0.1) is 11.6 Å². The molecule has 9 heteroatoms. The molecular weight excluding hydrogens is 403 g/mol. The highest BCUT2D eigenvalue weighted by Crippen LogP contribution is 2.30. The molecule has 130 valence electrons. The molecule has 1 aromatic heterocycles. The average Bonchev–Trinajstić information content (AvgIpc) is 2.96. The fraction of sp³-hybridized carbons (Fsp3) is 0.125. The maximum atomic E-state index is 6.19. The lowest BCUT2D eigenvalue weighted by molar-refractivity contribution is 0.344. The highest BCUT2D eigenvalue weighted by molar-refractivity contribution is 7.99. The molecule has 0 fully saturated rings. The normalized spacial score (nSPS) is 10.8. The smallest absolute Gasteiger partial charge is 0.210 e. The van der Waals surface area contributed by atoms with E-state index in [4.69, 9.17) is 45.4 Å². The molecule has 0 bridgehead atoms. The Balaban J connectivity index is 1.61. The summed E-state index contributed by atoms with van der Waals surface area (Å²) in [6.45, 7) is 0.492. The van der Waals surface area contributed by atoms with E-state index in [-0.39, 0.29) is 0 Å². The summed E-state index contributed by atoms with van der Waals surface area (Å²) in [6.07, 6.45) is 0. The van der Waals surface area contributed by atoms with Crippen LogP contribution in [0, 0.1) is 0 Å². The molecule has 1 heterocycles. The molecule has 0 atom stereocenters. The molecule has 0 aliphatic heterocycles. The van der Waals surface area contributed by atoms with E-state index < -0.39 is 0 Å². The van der Waals surface area contributed by atoms with E-state index in [0.717, 1.165) is 5.75 Å². The van der Waals surface area contributed by atoms with Crippen LogP contribution < -0.4 is 10.6 Å². The first-order chi connectivity index (χ1) is 12.0. The predicted molar refractivity (Wildman–Crippen MR) is 103 cm³/mol. The topological polar surface area (TPSA) is 66.0 Å². The van der Waals surface area contributed by atoms with Crippen LogP contribution in [-0.4, -0.2) is 27.2 Å². The van der Waals surface area contributed by atoms with Crippen LogP contribution >= 0.6 is 46.6 Å². The third-order valence-electron chi connectivity index (χ3n) is 3.23. The molecule has 0 unspecified atom stereocenters. The Hall–Kier alpha value is -1.60. The number of hydrogen-bond acceptors (Lipinski definition) is 5. The molecule has 25 heavy (non-hydrogen) atoms. The van der Waals surface area contributed by atoms with Crippen molar-refractivity contribution in [2.24, 2.45) is 0 Å². The number of aromatic nitrogens is 3. The van der Waals surface area contributed by atoms with Gasteiger partial charge in [-0.2, -0.15) is 0 Å². The van der Waals surface area contributed by atoms with Gasteiger partial charge in [-0.1, -0.05) is 46.6 Å². The minimum Gasteiger partial charge on any atom is -0.493 e. The van der Waals surface area contributed by atoms with E-state index in [0.29, 0.717) is 44.0 Å². The Kier molecular flexibility index (Phi) is 5.96. The van der Waals surface area contributed by atoms with Crippen LogP contribution in [0.4, 0.5) is 0 Å². The molecule has 0 saturated carbocycles. The Morgan fingerprint density at radius 2 is 1.72 bits per heavy atom. The second kappa shape index (κ2) is 8.19. The van der Waals surface area contributed by atoms with Crippen molar-refractivity contribution < 1.29 is 4.74 Å². The van der Waals surface area contributed by atoms with Crippen molar-refractivity contribution in [1.82, 2.24) is 14.9 Å². The number of halogens is 3. The van der Waals surface area contributed by atoms with Gasteiger partial charge in [-0.3, -0.25) is 0 Å². The van der Waals surface area contributed by atoms with Gasteiger partial charge in [0, 0.05) is 21.4 Å². The molecule has 3 rings (SSSR count). The SMILES string of the molecule is Nn1c(SCCOc2ccc(Cl)cc2)nnc1-c1cc(Cl)ccc1Cl. The van der Waals surface area contributed by atoms with Crippen LogP contribution in [0.15, 0.2) is 47.6 Å². The summed E-state index contributed by atoms with van der Waals surface area (Å²) in [5.74, 6) is 7.94. The van der Waals surface area contributed by atoms with Crippen LogP contribution in [0.5, 0.6) is 5.75 Å². The van der Waals surface area contributed by atoms with Gasteiger partial charge in [0.15, 0.2) is 5.82 Å². The summed E-state index contributed by atoms with van der Waals surface area (Å²) >= 11 is 19.5. The van der Waals surface area contributed by atoms with E-state index in [1.807, 2.05) is 12.1 Å². The summed E-state index contributed by atoms with van der Waals surface area (Å²) in [6, 6.07) is 12.3. The first kappa shape index (κ1) is 18.2. The first-order valence-electron chi connectivity index (χ1n) is 7.21. The number of benzene rings is 2. The highest BCUT2D eigenvalue weighted by Gasteiger charge is 2.15. The lowest BCUT2D eigenvalue weighted by Gasteiger charge is -2.07. The Morgan fingerprint density at radius 3 is 2.48 bits per heavy atom. The fourth-order valence-electron chi connectivity index (χ4n) is 2.05. The molecule has 0 spiro atoms. The average molecular weight is 416 g/mol. The van der Waals surface area contributed by atoms with Crippen molar-refractivity contribution in [3.63, 3.8) is 0 Å². The van der Waals surface area contributed by atoms with Gasteiger partial charge in [0.1, 0.15) is 5.75 Å². The van der Waals surface area contributed by atoms with Crippen LogP contribution in [0.25, 0.3) is 11.4 Å². The highest BCUT2D eigenvalue weighted by atomic mass is 35.5. The van der Waals surface area contributed by atoms with Crippen molar-refractivity contribution >= 4 is 46.6 Å². The zero-order valence-electron chi connectivity index (χ0n) is 12.8. The monoisotopic (exact) mass is 414 g/mol. The van der Waals surface area contributed by atoms with Gasteiger partial charge in [-0.05, 0) is 42.5 Å². The lowest BCUT2D eigenvalue weighted by Crippen LogP contribution is -2.12. The van der Waals surface area contributed by atoms with Gasteiger partial charge in [-0.25, -0.2) is 4.68 Å². The van der Waals surface area contributed by atoms with Crippen molar-refractivity contribution in [3.05, 3.63) is 57.5 Å². The standard InChI is InChI=1S/C16H13Cl3N4OS/c17-10-1-4-12(5-2-10)24-7-8-25-16-22-21-15(23(16)20)13-9-11(18)3-6-14(13)19/h1-6,9H,7-8,20H2. The van der Waals surface area contributed by atoms with Gasteiger partial charge in [0.2, 0.25) is 5.16 Å². The maximum absolute atomic E-state index is 6.19. The maximum Gasteiger partial charge on any atom is 0.210 e. The summed E-state index contributed by atoms with van der Waals surface area (Å²) in [4.78, 5) is 0. The van der Waals surface area contributed by atoms with Gasteiger partial charge in [0.25, 0.3) is 0 Å². The molecule has 2 N–H and O–H groups in total. The van der Waals surface area contributed by atoms with Crippen molar-refractivity contribution in [3.8, 4) is 17.1 Å². The number of hydrogen-bond donors (Lipinski definition) is 1. The van der Waals surface area contributed by atoms with Crippen LogP contribution in [-0.2, 0) is 0 Å². The molecule has 2 aromatic carbocycles. The van der Waals surface area contributed by atoms with Gasteiger partial charge < -0.3 is 10.6 Å². The number of rotatable bonds is 6. The second-order valence-corrected chi connectivity index (χ2v) is 7.29. The molecule has 0 radical (unpaired) electrons.